The van der Waals surface area contributed by atoms with E-state index in [0.717, 1.165) is 41.0 Å². The van der Waals surface area contributed by atoms with Crippen LogP contribution >= 0.6 is 34.5 Å². The highest BCUT2D eigenvalue weighted by molar-refractivity contribution is 7.13. The number of hydrogen-bond donors (Lipinski definition) is 6. The normalized spacial score (nSPS) is 20.4. The third-order valence-electron chi connectivity index (χ3n) is 16.2. The minimum Gasteiger partial charge on any atom is -0.379 e. The Morgan fingerprint density at radius 2 is 1.56 bits per heavy atom. The molecule has 6 amide bonds. The van der Waals surface area contributed by atoms with Crippen molar-refractivity contribution in [3.8, 4) is 10.4 Å². The number of rotatable bonds is 22. The zero-order chi connectivity index (χ0) is 58.2. The Kier molecular flexibility index (Phi) is 19.5. The number of halogens is 3. The molecule has 436 valence electrons. The van der Waals surface area contributed by atoms with Crippen molar-refractivity contribution in [2.24, 2.45) is 5.41 Å². The SMILES string of the molecule is Cc1ncsc1-c1ccc(CNC(=O)[C@@H]2CCCN2C(=O)C(NC(=O)CCOCCOCCOCCNC(=O)c2ccc(NC(=O)[C@@H]3NC4(CCCCC4)[C@@]4(C(=O)Nc5cc(Cl)ccc54)[C@H]3c3cccc(Cl)c3F)cc2)C(C)(C)C)cc1. The first-order chi connectivity index (χ1) is 39.4. The quantitative estimate of drug-likeness (QED) is 0.0360. The van der Waals surface area contributed by atoms with Crippen LogP contribution in [0.2, 0.25) is 10.0 Å². The van der Waals surface area contributed by atoms with Crippen molar-refractivity contribution >= 4 is 81.4 Å². The third kappa shape index (κ3) is 13.1. The van der Waals surface area contributed by atoms with Gasteiger partial charge in [0.2, 0.25) is 29.5 Å². The second-order valence-corrected chi connectivity index (χ2v) is 24.2. The van der Waals surface area contributed by atoms with E-state index < -0.39 is 52.1 Å². The zero-order valence-corrected chi connectivity index (χ0v) is 48.9. The number of hydrogen-bond acceptors (Lipinski definition) is 12. The number of anilines is 2. The summed E-state index contributed by atoms with van der Waals surface area (Å²) in [4.78, 5) is 89.8. The van der Waals surface area contributed by atoms with Crippen molar-refractivity contribution in [1.29, 1.82) is 0 Å². The van der Waals surface area contributed by atoms with Crippen LogP contribution in [0.5, 0.6) is 0 Å². The zero-order valence-electron chi connectivity index (χ0n) is 46.6. The monoisotopic (exact) mass is 1180 g/mol. The molecule has 2 spiro atoms. The van der Waals surface area contributed by atoms with Crippen LogP contribution in [0.15, 0.2) is 90.4 Å². The largest absolute Gasteiger partial charge is 0.379 e. The number of ether oxygens (including phenoxy) is 3. The molecule has 5 aromatic rings. The van der Waals surface area contributed by atoms with E-state index in [-0.39, 0.29) is 92.7 Å². The Balaban J connectivity index is 0.667. The van der Waals surface area contributed by atoms with Gasteiger partial charge in [0.25, 0.3) is 5.91 Å². The van der Waals surface area contributed by atoms with Gasteiger partial charge in [0.1, 0.15) is 23.3 Å². The number of amides is 6. The van der Waals surface area contributed by atoms with E-state index in [0.29, 0.717) is 66.3 Å². The highest BCUT2D eigenvalue weighted by Crippen LogP contribution is 2.63. The Labute approximate surface area is 491 Å². The van der Waals surface area contributed by atoms with E-state index in [4.69, 9.17) is 37.4 Å². The molecule has 3 aliphatic heterocycles. The standard InChI is InChI=1S/C61H71Cl2FN8O9S/c1-37-52(82-36-67-37)39-15-13-38(14-16-39)35-66-55(75)47-12-9-27-72(47)57(77)53(59(2,3)4)70-48(73)23-28-79-30-32-81-33-31-80-29-26-65-54(74)40-17-20-42(21-18-40)68-56(76)51-49(43-10-8-11-45(63)50(43)64)61(60(71-51)24-6-5-7-25-60)44-22-19-41(62)34-46(44)69-58(61)78/h8,10-11,13-22,34,36,47,49,51,53,71H,5-7,9,12,23-33,35H2,1-4H3,(H,65,74)(H,66,75)(H,68,76)(H,69,78)(H,70,73)/t47-,49-,51+,53?,61+/m0/s1. The molecule has 9 rings (SSSR count). The van der Waals surface area contributed by atoms with E-state index in [1.165, 1.54) is 6.07 Å². The topological polar surface area (TPSA) is 218 Å². The van der Waals surface area contributed by atoms with Crippen LogP contribution in [0.4, 0.5) is 15.8 Å². The second kappa shape index (κ2) is 26.5. The molecule has 5 atom stereocenters. The van der Waals surface area contributed by atoms with Crippen molar-refractivity contribution < 1.29 is 47.4 Å². The van der Waals surface area contributed by atoms with Gasteiger partial charge in [-0.3, -0.25) is 34.1 Å². The third-order valence-corrected chi connectivity index (χ3v) is 17.7. The molecule has 0 radical (unpaired) electrons. The fourth-order valence-corrected chi connectivity index (χ4v) is 13.4. The highest BCUT2D eigenvalue weighted by atomic mass is 35.5. The summed E-state index contributed by atoms with van der Waals surface area (Å²) < 4.78 is 33.2. The Morgan fingerprint density at radius 1 is 0.854 bits per heavy atom. The van der Waals surface area contributed by atoms with E-state index in [9.17, 15) is 28.8 Å². The molecule has 3 fully saturated rings. The molecule has 4 aliphatic rings. The van der Waals surface area contributed by atoms with Crippen LogP contribution in [0.3, 0.4) is 0 Å². The first-order valence-electron chi connectivity index (χ1n) is 28.0. The summed E-state index contributed by atoms with van der Waals surface area (Å²) in [5, 5.41) is 18.7. The van der Waals surface area contributed by atoms with Crippen LogP contribution in [-0.2, 0) is 50.1 Å². The van der Waals surface area contributed by atoms with Crippen molar-refractivity contribution in [2.45, 2.75) is 121 Å². The number of nitrogens with zero attached hydrogens (tertiary/aromatic N) is 2. The van der Waals surface area contributed by atoms with Crippen LogP contribution < -0.4 is 31.9 Å². The predicted octanol–water partition coefficient (Wildman–Crippen LogP) is 8.86. The minimum atomic E-state index is -1.37. The Hall–Kier alpha value is -6.32. The van der Waals surface area contributed by atoms with E-state index in [2.05, 4.69) is 36.9 Å². The number of carbonyl (C=O) groups excluding carboxylic acids is 6. The maximum atomic E-state index is 16.3. The van der Waals surface area contributed by atoms with Gasteiger partial charge in [-0.1, -0.05) is 106 Å². The van der Waals surface area contributed by atoms with Gasteiger partial charge in [-0.25, -0.2) is 9.37 Å². The summed E-state index contributed by atoms with van der Waals surface area (Å²) in [7, 11) is 0. The number of likely N-dealkylation sites (tertiary alicyclic amines) is 1. The second-order valence-electron chi connectivity index (χ2n) is 22.5. The Bertz CT molecular complexity index is 3130. The van der Waals surface area contributed by atoms with Gasteiger partial charge in [-0.15, -0.1) is 11.3 Å². The molecule has 1 aromatic heterocycles. The number of nitrogens with one attached hydrogen (secondary N) is 6. The maximum absolute atomic E-state index is 16.3. The summed E-state index contributed by atoms with van der Waals surface area (Å²) in [5.74, 6) is -3.68. The molecular formula is C61H71Cl2FN8O9S. The lowest BCUT2D eigenvalue weighted by Crippen LogP contribution is -2.60. The van der Waals surface area contributed by atoms with Gasteiger partial charge < -0.3 is 45.7 Å². The first kappa shape index (κ1) is 60.3. The van der Waals surface area contributed by atoms with E-state index >= 15 is 4.39 Å². The molecule has 2 saturated heterocycles. The average molecular weight is 1180 g/mol. The number of benzene rings is 4. The first-order valence-corrected chi connectivity index (χ1v) is 29.7. The predicted molar refractivity (Wildman–Crippen MR) is 313 cm³/mol. The molecule has 6 N–H and O–H groups in total. The Morgan fingerprint density at radius 3 is 2.26 bits per heavy atom. The summed E-state index contributed by atoms with van der Waals surface area (Å²) in [6, 6.07) is 21.7. The van der Waals surface area contributed by atoms with Crippen LogP contribution in [0.25, 0.3) is 10.4 Å². The van der Waals surface area contributed by atoms with Gasteiger partial charge in [0.05, 0.1) is 66.8 Å². The fourth-order valence-electron chi connectivity index (χ4n) is 12.2. The average Bonchev–Trinajstić information content (AvgIpc) is 2.61. The molecule has 21 heteroatoms. The highest BCUT2D eigenvalue weighted by Gasteiger charge is 2.72. The number of fused-ring (bicyclic) bond motifs is 3. The lowest BCUT2D eigenvalue weighted by molar-refractivity contribution is -0.144. The maximum Gasteiger partial charge on any atom is 0.251 e. The lowest BCUT2D eigenvalue weighted by Gasteiger charge is -2.47. The summed E-state index contributed by atoms with van der Waals surface area (Å²) in [6.07, 6.45) is 5.00. The molecule has 82 heavy (non-hydrogen) atoms. The molecule has 17 nitrogen and oxygen atoms in total. The number of carbonyl (C=O) groups is 6. The molecule has 1 unspecified atom stereocenters. The van der Waals surface area contributed by atoms with Crippen molar-refractivity contribution in [3.63, 3.8) is 0 Å². The number of thiazole rings is 1. The van der Waals surface area contributed by atoms with Crippen molar-refractivity contribution in [2.75, 3.05) is 63.4 Å². The molecule has 4 aromatic carbocycles. The smallest absolute Gasteiger partial charge is 0.251 e. The van der Waals surface area contributed by atoms with Gasteiger partial charge in [0.15, 0.2) is 0 Å². The van der Waals surface area contributed by atoms with Gasteiger partial charge in [-0.2, -0.15) is 0 Å². The van der Waals surface area contributed by atoms with Crippen LogP contribution in [-0.4, -0.2) is 122 Å². The van der Waals surface area contributed by atoms with Crippen LogP contribution in [0.1, 0.15) is 111 Å². The minimum absolute atomic E-state index is 0.0321. The van der Waals surface area contributed by atoms with Gasteiger partial charge >= 0.3 is 0 Å². The van der Waals surface area contributed by atoms with E-state index in [1.807, 2.05) is 57.5 Å². The van der Waals surface area contributed by atoms with Gasteiger partial charge in [0, 0.05) is 59.5 Å². The summed E-state index contributed by atoms with van der Waals surface area (Å²) >= 11 is 14.4. The van der Waals surface area contributed by atoms with Gasteiger partial charge in [-0.05, 0) is 103 Å². The van der Waals surface area contributed by atoms with Crippen molar-refractivity contribution in [1.82, 2.24) is 31.2 Å². The van der Waals surface area contributed by atoms with Crippen LogP contribution in [0, 0.1) is 18.2 Å². The molecule has 0 bridgehead atoms. The molecule has 1 aliphatic carbocycles. The number of aryl methyl sites for hydroxylation is 1. The van der Waals surface area contributed by atoms with Crippen molar-refractivity contribution in [3.05, 3.63) is 134 Å². The lowest BCUT2D eigenvalue weighted by atomic mass is 9.55. The molecule has 4 heterocycles. The molecule has 1 saturated carbocycles. The van der Waals surface area contributed by atoms with E-state index in [1.54, 1.807) is 70.8 Å². The summed E-state index contributed by atoms with van der Waals surface area (Å²) in [5.41, 5.74) is 4.02. The molecular weight excluding hydrogens is 1110 g/mol. The number of aromatic nitrogens is 1. The fraction of sp³-hybridized carbons (Fsp3) is 0.459. The summed E-state index contributed by atoms with van der Waals surface area (Å²) in [6.45, 7) is 9.99.